The van der Waals surface area contributed by atoms with E-state index in [-0.39, 0.29) is 18.3 Å². The van der Waals surface area contributed by atoms with E-state index in [0.717, 1.165) is 63.7 Å². The first-order valence-corrected chi connectivity index (χ1v) is 10.4. The molecule has 0 atom stereocenters. The summed E-state index contributed by atoms with van der Waals surface area (Å²) in [7, 11) is 0. The van der Waals surface area contributed by atoms with Gasteiger partial charge in [0.15, 0.2) is 0 Å². The quantitative estimate of drug-likeness (QED) is 0.752. The molecule has 1 saturated heterocycles. The number of carbonyl (C=O) groups excluding carboxylic acids is 1. The molecular formula is C17H23Cl2N3OS2. The van der Waals surface area contributed by atoms with Crippen molar-refractivity contribution in [1.29, 1.82) is 0 Å². The number of carbonyl (C=O) groups is 1. The van der Waals surface area contributed by atoms with E-state index < -0.39 is 0 Å². The van der Waals surface area contributed by atoms with Crippen LogP contribution in [0.15, 0.2) is 12.1 Å². The average Bonchev–Trinajstić information content (AvgIpc) is 3.18. The number of rotatable bonds is 5. The topological polar surface area (TPSA) is 45.2 Å². The molecule has 0 saturated carbocycles. The molecule has 0 unspecified atom stereocenters. The van der Waals surface area contributed by atoms with E-state index in [1.165, 1.54) is 22.7 Å². The van der Waals surface area contributed by atoms with E-state index in [4.69, 9.17) is 11.6 Å². The van der Waals surface area contributed by atoms with Gasteiger partial charge < -0.3 is 10.2 Å². The molecule has 1 amide bonds. The molecule has 8 heteroatoms. The van der Waals surface area contributed by atoms with Gasteiger partial charge in [-0.05, 0) is 51.4 Å². The van der Waals surface area contributed by atoms with Crippen LogP contribution in [0.3, 0.4) is 0 Å². The predicted octanol–water partition coefficient (Wildman–Crippen LogP) is 4.86. The highest BCUT2D eigenvalue weighted by Gasteiger charge is 2.28. The minimum Gasteiger partial charge on any atom is -0.335 e. The van der Waals surface area contributed by atoms with E-state index >= 15 is 0 Å². The maximum Gasteiger partial charge on any atom is 0.266 e. The summed E-state index contributed by atoms with van der Waals surface area (Å²) in [5.74, 6) is 0.132. The molecule has 0 spiro atoms. The number of amides is 1. The number of thiazole rings is 1. The first-order valence-electron chi connectivity index (χ1n) is 8.35. The van der Waals surface area contributed by atoms with Gasteiger partial charge >= 0.3 is 0 Å². The fraction of sp³-hybridized carbons (Fsp3) is 0.529. The van der Waals surface area contributed by atoms with Crippen molar-refractivity contribution in [3.63, 3.8) is 0 Å². The van der Waals surface area contributed by atoms with Crippen molar-refractivity contribution >= 4 is 52.6 Å². The molecule has 1 aliphatic heterocycles. The Labute approximate surface area is 168 Å². The molecule has 0 aromatic carbocycles. The normalized spacial score (nSPS) is 15.0. The van der Waals surface area contributed by atoms with Gasteiger partial charge in [-0.15, -0.1) is 35.1 Å². The molecule has 2 aromatic heterocycles. The van der Waals surface area contributed by atoms with Crippen LogP contribution in [0.2, 0.25) is 4.34 Å². The van der Waals surface area contributed by atoms with Gasteiger partial charge in [0.1, 0.15) is 9.88 Å². The molecule has 1 fully saturated rings. The first kappa shape index (κ1) is 20.6. The third-order valence-electron chi connectivity index (χ3n) is 4.25. The SMILES string of the molecule is CCCN(C(=O)c1sc(-c2ccc(Cl)s2)nc1C)C1CCNCC1.Cl. The smallest absolute Gasteiger partial charge is 0.266 e. The number of hydrogen-bond donors (Lipinski definition) is 1. The Morgan fingerprint density at radius 2 is 2.08 bits per heavy atom. The van der Waals surface area contributed by atoms with Crippen LogP contribution in [0.4, 0.5) is 0 Å². The first-order chi connectivity index (χ1) is 11.6. The minimum atomic E-state index is 0. The summed E-state index contributed by atoms with van der Waals surface area (Å²) in [5.41, 5.74) is 0.819. The monoisotopic (exact) mass is 419 g/mol. The number of hydrogen-bond acceptors (Lipinski definition) is 5. The standard InChI is InChI=1S/C17H22ClN3OS2.ClH/c1-3-10-21(12-6-8-19-9-7-12)17(22)15-11(2)20-16(24-15)13-4-5-14(18)23-13;/h4-5,12,19H,3,6-10H2,1-2H3;1H. The molecule has 0 bridgehead atoms. The van der Waals surface area contributed by atoms with E-state index in [0.29, 0.717) is 6.04 Å². The summed E-state index contributed by atoms with van der Waals surface area (Å²) in [6.07, 6.45) is 3.02. The van der Waals surface area contributed by atoms with Gasteiger partial charge in [0.25, 0.3) is 5.91 Å². The lowest BCUT2D eigenvalue weighted by molar-refractivity contribution is 0.0646. The molecule has 0 radical (unpaired) electrons. The van der Waals surface area contributed by atoms with Gasteiger partial charge in [-0.25, -0.2) is 4.98 Å². The molecule has 25 heavy (non-hydrogen) atoms. The van der Waals surface area contributed by atoms with Crippen molar-refractivity contribution in [3.8, 4) is 9.88 Å². The van der Waals surface area contributed by atoms with E-state index in [2.05, 4.69) is 22.1 Å². The van der Waals surface area contributed by atoms with Crippen LogP contribution in [0.25, 0.3) is 9.88 Å². The molecule has 138 valence electrons. The second-order valence-electron chi connectivity index (χ2n) is 6.02. The number of aromatic nitrogens is 1. The zero-order valence-corrected chi connectivity index (χ0v) is 17.6. The highest BCUT2D eigenvalue weighted by atomic mass is 35.5. The van der Waals surface area contributed by atoms with Gasteiger partial charge in [0.05, 0.1) is 14.9 Å². The Kier molecular flexibility index (Phi) is 7.70. The van der Waals surface area contributed by atoms with Gasteiger partial charge in [0.2, 0.25) is 0 Å². The second-order valence-corrected chi connectivity index (χ2v) is 8.73. The van der Waals surface area contributed by atoms with Crippen LogP contribution in [0.1, 0.15) is 41.6 Å². The van der Waals surface area contributed by atoms with Crippen LogP contribution >= 0.6 is 46.7 Å². The number of nitrogens with one attached hydrogen (secondary N) is 1. The Morgan fingerprint density at radius 1 is 1.36 bits per heavy atom. The predicted molar refractivity (Wildman–Crippen MR) is 110 cm³/mol. The Balaban J connectivity index is 0.00000225. The Hall–Kier alpha value is -0.660. The summed E-state index contributed by atoms with van der Waals surface area (Å²) in [6.45, 7) is 6.83. The molecule has 2 aromatic rings. The average molecular weight is 420 g/mol. The van der Waals surface area contributed by atoms with Crippen molar-refractivity contribution in [2.45, 2.75) is 39.2 Å². The number of aryl methyl sites for hydroxylation is 1. The van der Waals surface area contributed by atoms with Crippen LogP contribution in [0, 0.1) is 6.92 Å². The van der Waals surface area contributed by atoms with Crippen molar-refractivity contribution in [1.82, 2.24) is 15.2 Å². The summed E-state index contributed by atoms with van der Waals surface area (Å²) < 4.78 is 0.744. The molecular weight excluding hydrogens is 397 g/mol. The zero-order chi connectivity index (χ0) is 17.1. The largest absolute Gasteiger partial charge is 0.335 e. The van der Waals surface area contributed by atoms with Gasteiger partial charge in [-0.2, -0.15) is 0 Å². The lowest BCUT2D eigenvalue weighted by Crippen LogP contribution is -2.46. The fourth-order valence-corrected chi connectivity index (χ4v) is 5.19. The molecule has 3 rings (SSSR count). The Bertz CT molecular complexity index is 711. The van der Waals surface area contributed by atoms with Crippen molar-refractivity contribution in [3.05, 3.63) is 27.0 Å². The number of halogens is 2. The summed E-state index contributed by atoms with van der Waals surface area (Å²) >= 11 is 9.01. The van der Waals surface area contributed by atoms with Crippen LogP contribution in [-0.2, 0) is 0 Å². The van der Waals surface area contributed by atoms with Crippen molar-refractivity contribution in [2.75, 3.05) is 19.6 Å². The second kappa shape index (κ2) is 9.33. The fourth-order valence-electron chi connectivity index (χ4n) is 3.07. The molecule has 3 heterocycles. The van der Waals surface area contributed by atoms with Crippen molar-refractivity contribution < 1.29 is 4.79 Å². The lowest BCUT2D eigenvalue weighted by atomic mass is 10.0. The Morgan fingerprint density at radius 3 is 2.68 bits per heavy atom. The minimum absolute atomic E-state index is 0. The summed E-state index contributed by atoms with van der Waals surface area (Å²) in [6, 6.07) is 4.17. The molecule has 1 N–H and O–H groups in total. The number of nitrogens with zero attached hydrogens (tertiary/aromatic N) is 2. The maximum absolute atomic E-state index is 13.2. The van der Waals surface area contributed by atoms with E-state index in [1.54, 1.807) is 0 Å². The third kappa shape index (κ3) is 4.74. The molecule has 0 aliphatic carbocycles. The molecule has 1 aliphatic rings. The zero-order valence-electron chi connectivity index (χ0n) is 14.4. The van der Waals surface area contributed by atoms with Crippen LogP contribution in [-0.4, -0.2) is 41.5 Å². The number of piperidine rings is 1. The summed E-state index contributed by atoms with van der Waals surface area (Å²) in [4.78, 5) is 21.6. The van der Waals surface area contributed by atoms with Gasteiger partial charge in [0, 0.05) is 12.6 Å². The lowest BCUT2D eigenvalue weighted by Gasteiger charge is -2.34. The maximum atomic E-state index is 13.2. The van der Waals surface area contributed by atoms with E-state index in [9.17, 15) is 4.79 Å². The molecule has 4 nitrogen and oxygen atoms in total. The highest BCUT2D eigenvalue weighted by Crippen LogP contribution is 2.35. The highest BCUT2D eigenvalue weighted by molar-refractivity contribution is 7.24. The summed E-state index contributed by atoms with van der Waals surface area (Å²) in [5, 5.41) is 4.25. The number of thiophene rings is 1. The third-order valence-corrected chi connectivity index (χ3v) is 6.80. The van der Waals surface area contributed by atoms with E-state index in [1.807, 2.05) is 19.1 Å². The van der Waals surface area contributed by atoms with Crippen LogP contribution < -0.4 is 5.32 Å². The van der Waals surface area contributed by atoms with Crippen molar-refractivity contribution in [2.24, 2.45) is 0 Å². The van der Waals surface area contributed by atoms with Gasteiger partial charge in [-0.3, -0.25) is 4.79 Å². The van der Waals surface area contributed by atoms with Crippen LogP contribution in [0.5, 0.6) is 0 Å². The van der Waals surface area contributed by atoms with Gasteiger partial charge in [-0.1, -0.05) is 18.5 Å².